The van der Waals surface area contributed by atoms with Crippen molar-refractivity contribution in [1.82, 2.24) is 15.5 Å². The van der Waals surface area contributed by atoms with Crippen molar-refractivity contribution in [2.45, 2.75) is 25.7 Å². The summed E-state index contributed by atoms with van der Waals surface area (Å²) in [5, 5.41) is 8.76. The molecule has 0 unspecified atom stereocenters. The fraction of sp³-hybridized carbons (Fsp3) is 0.278. The maximum atomic E-state index is 12.8. The van der Waals surface area contributed by atoms with E-state index in [4.69, 9.17) is 4.52 Å². The predicted molar refractivity (Wildman–Crippen MR) is 93.7 cm³/mol. The van der Waals surface area contributed by atoms with Crippen LogP contribution in [0.25, 0.3) is 10.7 Å². The lowest BCUT2D eigenvalue weighted by Gasteiger charge is -2.05. The number of benzene rings is 1. The van der Waals surface area contributed by atoms with Crippen LogP contribution in [-0.4, -0.2) is 22.6 Å². The molecule has 0 saturated heterocycles. The highest BCUT2D eigenvalue weighted by atomic mass is 32.1. The van der Waals surface area contributed by atoms with Gasteiger partial charge in [-0.1, -0.05) is 23.4 Å². The molecule has 0 aliphatic heterocycles. The van der Waals surface area contributed by atoms with Crippen molar-refractivity contribution in [3.63, 3.8) is 0 Å². The van der Waals surface area contributed by atoms with Gasteiger partial charge in [0.2, 0.25) is 17.6 Å². The second-order valence-corrected chi connectivity index (χ2v) is 6.52. The fourth-order valence-corrected chi connectivity index (χ4v) is 3.00. The first-order valence-corrected chi connectivity index (χ1v) is 8.96. The first kappa shape index (κ1) is 17.3. The Morgan fingerprint density at radius 1 is 1.20 bits per heavy atom. The molecule has 0 spiro atoms. The summed E-state index contributed by atoms with van der Waals surface area (Å²) in [7, 11) is 0. The van der Waals surface area contributed by atoms with E-state index in [1.807, 2.05) is 17.5 Å². The number of rotatable bonds is 8. The SMILES string of the molecule is O=C(CCCc1nc(-c2cccs2)no1)NCCc1ccc(F)cc1. The Hall–Kier alpha value is -2.54. The number of carbonyl (C=O) groups is 1. The molecule has 130 valence electrons. The van der Waals surface area contributed by atoms with E-state index in [1.165, 1.54) is 12.1 Å². The minimum absolute atomic E-state index is 0.0138. The van der Waals surface area contributed by atoms with Gasteiger partial charge < -0.3 is 9.84 Å². The molecule has 2 heterocycles. The van der Waals surface area contributed by atoms with Crippen molar-refractivity contribution >= 4 is 17.2 Å². The Morgan fingerprint density at radius 3 is 2.80 bits per heavy atom. The van der Waals surface area contributed by atoms with E-state index in [0.717, 1.165) is 10.4 Å². The molecule has 0 saturated carbocycles. The Kier molecular flexibility index (Phi) is 5.90. The molecule has 0 fully saturated rings. The molecule has 0 aliphatic rings. The van der Waals surface area contributed by atoms with Crippen LogP contribution in [0.2, 0.25) is 0 Å². The Balaban J connectivity index is 1.34. The highest BCUT2D eigenvalue weighted by Gasteiger charge is 2.10. The van der Waals surface area contributed by atoms with E-state index in [1.54, 1.807) is 23.5 Å². The van der Waals surface area contributed by atoms with Gasteiger partial charge in [-0.05, 0) is 42.0 Å². The van der Waals surface area contributed by atoms with E-state index in [-0.39, 0.29) is 11.7 Å². The summed E-state index contributed by atoms with van der Waals surface area (Å²) in [4.78, 5) is 17.1. The number of aryl methyl sites for hydroxylation is 1. The number of hydrogen-bond acceptors (Lipinski definition) is 5. The van der Waals surface area contributed by atoms with E-state index >= 15 is 0 Å². The van der Waals surface area contributed by atoms with Gasteiger partial charge in [0.25, 0.3) is 0 Å². The number of aromatic nitrogens is 2. The lowest BCUT2D eigenvalue weighted by molar-refractivity contribution is -0.121. The van der Waals surface area contributed by atoms with Crippen LogP contribution in [-0.2, 0) is 17.6 Å². The Morgan fingerprint density at radius 2 is 2.04 bits per heavy atom. The summed E-state index contributed by atoms with van der Waals surface area (Å²) in [6.45, 7) is 0.535. The van der Waals surface area contributed by atoms with Crippen LogP contribution >= 0.6 is 11.3 Å². The van der Waals surface area contributed by atoms with Crippen molar-refractivity contribution in [2.24, 2.45) is 0 Å². The van der Waals surface area contributed by atoms with Crippen molar-refractivity contribution in [2.75, 3.05) is 6.54 Å². The van der Waals surface area contributed by atoms with Gasteiger partial charge >= 0.3 is 0 Å². The lowest BCUT2D eigenvalue weighted by atomic mass is 10.1. The van der Waals surface area contributed by atoms with Crippen LogP contribution in [0.3, 0.4) is 0 Å². The summed E-state index contributed by atoms with van der Waals surface area (Å²) in [6, 6.07) is 10.2. The molecule has 1 amide bonds. The minimum Gasteiger partial charge on any atom is -0.356 e. The number of carbonyl (C=O) groups excluding carboxylic acids is 1. The summed E-state index contributed by atoms with van der Waals surface area (Å²) in [6.07, 6.45) is 2.30. The van der Waals surface area contributed by atoms with Crippen LogP contribution in [0, 0.1) is 5.82 Å². The number of nitrogens with zero attached hydrogens (tertiary/aromatic N) is 2. The number of nitrogens with one attached hydrogen (secondary N) is 1. The number of hydrogen-bond donors (Lipinski definition) is 1. The maximum Gasteiger partial charge on any atom is 0.226 e. The topological polar surface area (TPSA) is 68.0 Å². The summed E-state index contributed by atoms with van der Waals surface area (Å²) in [5.74, 6) is 0.868. The van der Waals surface area contributed by atoms with E-state index in [9.17, 15) is 9.18 Å². The quantitative estimate of drug-likeness (QED) is 0.667. The predicted octanol–water partition coefficient (Wildman–Crippen LogP) is 3.62. The average molecular weight is 359 g/mol. The minimum atomic E-state index is -0.254. The van der Waals surface area contributed by atoms with Gasteiger partial charge in [0, 0.05) is 19.4 Å². The molecule has 3 rings (SSSR count). The smallest absolute Gasteiger partial charge is 0.226 e. The van der Waals surface area contributed by atoms with Crippen LogP contribution in [0.4, 0.5) is 4.39 Å². The molecule has 1 N–H and O–H groups in total. The molecule has 0 radical (unpaired) electrons. The molecule has 0 atom stereocenters. The van der Waals surface area contributed by atoms with Gasteiger partial charge in [-0.25, -0.2) is 4.39 Å². The molecule has 1 aromatic carbocycles. The molecule has 5 nitrogen and oxygen atoms in total. The van der Waals surface area contributed by atoms with Crippen molar-refractivity contribution < 1.29 is 13.7 Å². The lowest BCUT2D eigenvalue weighted by Crippen LogP contribution is -2.25. The first-order valence-electron chi connectivity index (χ1n) is 8.08. The van der Waals surface area contributed by atoms with Crippen molar-refractivity contribution in [3.8, 4) is 10.7 Å². The number of halogens is 1. The van der Waals surface area contributed by atoms with E-state index < -0.39 is 0 Å². The zero-order valence-electron chi connectivity index (χ0n) is 13.6. The van der Waals surface area contributed by atoms with Gasteiger partial charge in [-0.15, -0.1) is 11.3 Å². The Labute approximate surface area is 148 Å². The normalized spacial score (nSPS) is 10.8. The maximum absolute atomic E-state index is 12.8. The van der Waals surface area contributed by atoms with E-state index in [0.29, 0.717) is 43.9 Å². The van der Waals surface area contributed by atoms with Gasteiger partial charge in [-0.2, -0.15) is 4.98 Å². The molecule has 0 aliphatic carbocycles. The zero-order valence-corrected chi connectivity index (χ0v) is 14.4. The third kappa shape index (κ3) is 5.22. The Bertz CT molecular complexity index is 800. The van der Waals surface area contributed by atoms with Gasteiger partial charge in [0.1, 0.15) is 5.82 Å². The molecule has 3 aromatic rings. The average Bonchev–Trinajstić information content (AvgIpc) is 3.28. The zero-order chi connectivity index (χ0) is 17.5. The second-order valence-electron chi connectivity index (χ2n) is 5.57. The van der Waals surface area contributed by atoms with Crippen LogP contribution < -0.4 is 5.32 Å². The van der Waals surface area contributed by atoms with Crippen LogP contribution in [0.5, 0.6) is 0 Å². The summed E-state index contributed by atoms with van der Waals surface area (Å²) >= 11 is 1.56. The fourth-order valence-electron chi connectivity index (χ4n) is 2.35. The largest absolute Gasteiger partial charge is 0.356 e. The highest BCUT2D eigenvalue weighted by molar-refractivity contribution is 7.13. The molecule has 25 heavy (non-hydrogen) atoms. The molecular formula is C18H18FN3O2S. The molecule has 0 bridgehead atoms. The van der Waals surface area contributed by atoms with Crippen LogP contribution in [0.1, 0.15) is 24.3 Å². The summed E-state index contributed by atoms with van der Waals surface area (Å²) in [5.41, 5.74) is 0.994. The monoisotopic (exact) mass is 359 g/mol. The molecule has 7 heteroatoms. The highest BCUT2D eigenvalue weighted by Crippen LogP contribution is 2.21. The molecular weight excluding hydrogens is 341 g/mol. The van der Waals surface area contributed by atoms with E-state index in [2.05, 4.69) is 15.5 Å². The van der Waals surface area contributed by atoms with Crippen molar-refractivity contribution in [1.29, 1.82) is 0 Å². The standard InChI is InChI=1S/C18H18FN3O2S/c19-14-8-6-13(7-9-14)10-11-20-16(23)4-1-5-17-21-18(22-24-17)15-3-2-12-25-15/h2-3,6-9,12H,1,4-5,10-11H2,(H,20,23). The second kappa shape index (κ2) is 8.53. The third-order valence-corrected chi connectivity index (χ3v) is 4.52. The number of thiophene rings is 1. The number of amides is 1. The van der Waals surface area contributed by atoms with Gasteiger partial charge in [0.05, 0.1) is 4.88 Å². The van der Waals surface area contributed by atoms with Crippen LogP contribution in [0.15, 0.2) is 46.3 Å². The third-order valence-electron chi connectivity index (χ3n) is 3.65. The van der Waals surface area contributed by atoms with Gasteiger partial charge in [-0.3, -0.25) is 4.79 Å². The van der Waals surface area contributed by atoms with Gasteiger partial charge in [0.15, 0.2) is 0 Å². The first-order chi connectivity index (χ1) is 12.2. The molecule has 2 aromatic heterocycles. The van der Waals surface area contributed by atoms with Crippen molar-refractivity contribution in [3.05, 3.63) is 59.0 Å². The summed E-state index contributed by atoms with van der Waals surface area (Å²) < 4.78 is 18.0.